The maximum Gasteiger partial charge on any atom is 0.265 e. The number of nitrogens with one attached hydrogen (secondary N) is 1. The minimum absolute atomic E-state index is 0.158. The van der Waals surface area contributed by atoms with Crippen molar-refractivity contribution in [1.82, 2.24) is 0 Å². The normalized spacial score (nSPS) is 17.2. The molecular weight excluding hydrogens is 364 g/mol. The van der Waals surface area contributed by atoms with Gasteiger partial charge in [-0.25, -0.2) is 8.42 Å². The number of rotatable bonds is 5. The van der Waals surface area contributed by atoms with Gasteiger partial charge in [0, 0.05) is 24.5 Å². The second-order valence-electron chi connectivity index (χ2n) is 6.75. The fourth-order valence-corrected chi connectivity index (χ4v) is 4.07. The van der Waals surface area contributed by atoms with Crippen LogP contribution in [0, 0.1) is 6.92 Å². The van der Waals surface area contributed by atoms with E-state index in [1.807, 2.05) is 54.3 Å². The molecule has 1 heterocycles. The molecule has 1 fully saturated rings. The zero-order chi connectivity index (χ0) is 19.4. The lowest BCUT2D eigenvalue weighted by molar-refractivity contribution is -0.122. The minimum Gasteiger partial charge on any atom is -0.481 e. The smallest absolute Gasteiger partial charge is 0.265 e. The topological polar surface area (TPSA) is 75.7 Å². The number of amides is 1. The van der Waals surface area contributed by atoms with Crippen molar-refractivity contribution in [2.45, 2.75) is 20.0 Å². The summed E-state index contributed by atoms with van der Waals surface area (Å²) in [6.45, 7) is 4.62. The van der Waals surface area contributed by atoms with Gasteiger partial charge >= 0.3 is 0 Å². The van der Waals surface area contributed by atoms with Gasteiger partial charge in [-0.05, 0) is 44.2 Å². The molecule has 7 heteroatoms. The van der Waals surface area contributed by atoms with Crippen molar-refractivity contribution < 1.29 is 17.9 Å². The first kappa shape index (κ1) is 19.2. The first-order valence-corrected chi connectivity index (χ1v) is 10.7. The number of ether oxygens (including phenoxy) is 1. The summed E-state index contributed by atoms with van der Waals surface area (Å²) in [4.78, 5) is 14.4. The van der Waals surface area contributed by atoms with E-state index in [9.17, 15) is 13.2 Å². The van der Waals surface area contributed by atoms with E-state index in [0.717, 1.165) is 11.3 Å². The molecule has 1 amide bonds. The summed E-state index contributed by atoms with van der Waals surface area (Å²) >= 11 is 0. The first-order chi connectivity index (χ1) is 12.8. The van der Waals surface area contributed by atoms with Crippen molar-refractivity contribution in [2.24, 2.45) is 0 Å². The van der Waals surface area contributed by atoms with Crippen LogP contribution in [0.4, 0.5) is 11.4 Å². The molecule has 0 aromatic heterocycles. The van der Waals surface area contributed by atoms with Crippen molar-refractivity contribution in [2.75, 3.05) is 34.8 Å². The molecule has 1 saturated heterocycles. The van der Waals surface area contributed by atoms with Crippen LogP contribution in [-0.4, -0.2) is 45.0 Å². The average Bonchev–Trinajstić information content (AvgIpc) is 2.64. The molecule has 2 aromatic rings. The summed E-state index contributed by atoms with van der Waals surface area (Å²) in [6, 6.07) is 15.0. The molecule has 0 unspecified atom stereocenters. The van der Waals surface area contributed by atoms with Gasteiger partial charge in [0.25, 0.3) is 5.91 Å². The highest BCUT2D eigenvalue weighted by molar-refractivity contribution is 7.91. The molecule has 1 aliphatic rings. The summed E-state index contributed by atoms with van der Waals surface area (Å²) in [5.41, 5.74) is 2.68. The number of carbonyl (C=O) groups is 1. The Morgan fingerprint density at radius 1 is 1.11 bits per heavy atom. The highest BCUT2D eigenvalue weighted by Gasteiger charge is 2.22. The average molecular weight is 388 g/mol. The fraction of sp³-hybridized carbons (Fsp3) is 0.350. The SMILES string of the molecule is Cc1ccc(O[C@@H](C)C(=O)Nc2cccc(N3CCS(=O)(=O)CC3)c2)cc1. The summed E-state index contributed by atoms with van der Waals surface area (Å²) < 4.78 is 28.9. The molecule has 27 heavy (non-hydrogen) atoms. The highest BCUT2D eigenvalue weighted by Crippen LogP contribution is 2.22. The lowest BCUT2D eigenvalue weighted by Gasteiger charge is -2.29. The number of aryl methyl sites for hydroxylation is 1. The number of nitrogens with zero attached hydrogens (tertiary/aromatic N) is 1. The Hall–Kier alpha value is -2.54. The molecule has 3 rings (SSSR count). The quantitative estimate of drug-likeness (QED) is 0.852. The number of carbonyl (C=O) groups excluding carboxylic acids is 1. The molecule has 0 radical (unpaired) electrons. The molecular formula is C20H24N2O4S. The number of sulfone groups is 1. The number of anilines is 2. The molecule has 1 N–H and O–H groups in total. The van der Waals surface area contributed by atoms with Gasteiger partial charge in [0.15, 0.2) is 15.9 Å². The Morgan fingerprint density at radius 2 is 1.78 bits per heavy atom. The van der Waals surface area contributed by atoms with Crippen molar-refractivity contribution in [3.63, 3.8) is 0 Å². The summed E-state index contributed by atoms with van der Waals surface area (Å²) in [5, 5.41) is 2.86. The van der Waals surface area contributed by atoms with Gasteiger partial charge < -0.3 is 15.0 Å². The molecule has 0 spiro atoms. The van der Waals surface area contributed by atoms with Crippen LogP contribution < -0.4 is 15.0 Å². The number of benzene rings is 2. The molecule has 6 nitrogen and oxygen atoms in total. The second-order valence-corrected chi connectivity index (χ2v) is 9.06. The van der Waals surface area contributed by atoms with Crippen LogP contribution in [0.3, 0.4) is 0 Å². The number of hydrogen-bond donors (Lipinski definition) is 1. The van der Waals surface area contributed by atoms with Gasteiger partial charge in [-0.1, -0.05) is 23.8 Å². The summed E-state index contributed by atoms with van der Waals surface area (Å²) in [7, 11) is -2.92. The second kappa shape index (κ2) is 8.00. The van der Waals surface area contributed by atoms with E-state index in [0.29, 0.717) is 24.5 Å². The van der Waals surface area contributed by atoms with Crippen molar-refractivity contribution in [1.29, 1.82) is 0 Å². The molecule has 1 atom stereocenters. The van der Waals surface area contributed by atoms with Gasteiger partial charge in [0.1, 0.15) is 5.75 Å². The van der Waals surface area contributed by atoms with E-state index in [1.54, 1.807) is 13.0 Å². The van der Waals surface area contributed by atoms with E-state index in [-0.39, 0.29) is 17.4 Å². The highest BCUT2D eigenvalue weighted by atomic mass is 32.2. The largest absolute Gasteiger partial charge is 0.481 e. The third-order valence-electron chi connectivity index (χ3n) is 4.53. The third kappa shape index (κ3) is 5.23. The van der Waals surface area contributed by atoms with Crippen LogP contribution in [-0.2, 0) is 14.6 Å². The van der Waals surface area contributed by atoms with E-state index in [4.69, 9.17) is 4.74 Å². The van der Waals surface area contributed by atoms with Gasteiger partial charge in [0.2, 0.25) is 0 Å². The van der Waals surface area contributed by atoms with Gasteiger partial charge in [0.05, 0.1) is 11.5 Å². The minimum atomic E-state index is -2.92. The Balaban J connectivity index is 1.61. The van der Waals surface area contributed by atoms with E-state index < -0.39 is 15.9 Å². The summed E-state index contributed by atoms with van der Waals surface area (Å²) in [5.74, 6) is 0.719. The Labute approximate surface area is 160 Å². The number of hydrogen-bond acceptors (Lipinski definition) is 5. The zero-order valence-electron chi connectivity index (χ0n) is 15.5. The van der Waals surface area contributed by atoms with Crippen molar-refractivity contribution in [3.05, 3.63) is 54.1 Å². The van der Waals surface area contributed by atoms with Crippen LogP contribution in [0.5, 0.6) is 5.75 Å². The van der Waals surface area contributed by atoms with Crippen molar-refractivity contribution in [3.8, 4) is 5.75 Å². The van der Waals surface area contributed by atoms with Gasteiger partial charge in [-0.3, -0.25) is 4.79 Å². The monoisotopic (exact) mass is 388 g/mol. The molecule has 0 bridgehead atoms. The maximum absolute atomic E-state index is 12.4. The van der Waals surface area contributed by atoms with Crippen LogP contribution in [0.15, 0.2) is 48.5 Å². The first-order valence-electron chi connectivity index (χ1n) is 8.92. The van der Waals surface area contributed by atoms with Crippen LogP contribution in [0.25, 0.3) is 0 Å². The Kier molecular flexibility index (Phi) is 5.70. The fourth-order valence-electron chi connectivity index (χ4n) is 2.87. The molecule has 2 aromatic carbocycles. The van der Waals surface area contributed by atoms with E-state index >= 15 is 0 Å². The lowest BCUT2D eigenvalue weighted by atomic mass is 10.2. The Morgan fingerprint density at radius 3 is 2.44 bits per heavy atom. The van der Waals surface area contributed by atoms with Crippen LogP contribution in [0.2, 0.25) is 0 Å². The Bertz CT molecular complexity index is 896. The molecule has 144 valence electrons. The van der Waals surface area contributed by atoms with Gasteiger partial charge in [-0.15, -0.1) is 0 Å². The molecule has 0 saturated carbocycles. The third-order valence-corrected chi connectivity index (χ3v) is 6.14. The maximum atomic E-state index is 12.4. The predicted octanol–water partition coefficient (Wildman–Crippen LogP) is 2.64. The lowest BCUT2D eigenvalue weighted by Crippen LogP contribution is -2.40. The summed E-state index contributed by atoms with van der Waals surface area (Å²) in [6.07, 6.45) is -0.642. The van der Waals surface area contributed by atoms with Crippen LogP contribution >= 0.6 is 0 Å². The van der Waals surface area contributed by atoms with Crippen LogP contribution in [0.1, 0.15) is 12.5 Å². The predicted molar refractivity (Wildman–Crippen MR) is 107 cm³/mol. The van der Waals surface area contributed by atoms with E-state index in [2.05, 4.69) is 5.32 Å². The van der Waals surface area contributed by atoms with Gasteiger partial charge in [-0.2, -0.15) is 0 Å². The van der Waals surface area contributed by atoms with E-state index in [1.165, 1.54) is 0 Å². The zero-order valence-corrected chi connectivity index (χ0v) is 16.3. The molecule has 0 aliphatic carbocycles. The molecule has 1 aliphatic heterocycles. The van der Waals surface area contributed by atoms with Crippen molar-refractivity contribution >= 4 is 27.1 Å². The standard InChI is InChI=1S/C20H24N2O4S/c1-15-6-8-19(9-7-15)26-16(2)20(23)21-17-4-3-5-18(14-17)22-10-12-27(24,25)13-11-22/h3-9,14,16H,10-13H2,1-2H3,(H,21,23)/t16-/m0/s1.